The number of rotatable bonds is 12. The maximum Gasteiger partial charge on any atom is 0.248 e. The number of nitrogens with one attached hydrogen (secondary N) is 3. The summed E-state index contributed by atoms with van der Waals surface area (Å²) in [6.07, 6.45) is 7.43. The second kappa shape index (κ2) is 35.7. The number of nitrogens with zero attached hydrogens (tertiary/aromatic N) is 9. The zero-order valence-corrected chi connectivity index (χ0v) is 62.2. The van der Waals surface area contributed by atoms with Crippen LogP contribution in [0.5, 0.6) is 0 Å². The first-order valence-corrected chi connectivity index (χ1v) is 38.2. The fourth-order valence-corrected chi connectivity index (χ4v) is 17.5. The van der Waals surface area contributed by atoms with Crippen LogP contribution in [0.15, 0.2) is 0 Å². The van der Waals surface area contributed by atoms with E-state index in [9.17, 15) is 32.8 Å². The smallest absolute Gasteiger partial charge is 0.248 e. The monoisotopic (exact) mass is 1420 g/mol. The van der Waals surface area contributed by atoms with Crippen LogP contribution in [0.1, 0.15) is 214 Å². The summed E-state index contributed by atoms with van der Waals surface area (Å²) in [7, 11) is 8.85. The van der Waals surface area contributed by atoms with E-state index in [2.05, 4.69) is 16.0 Å². The van der Waals surface area contributed by atoms with Gasteiger partial charge in [-0.05, 0) is 146 Å². The first-order chi connectivity index (χ1) is 47.9. The van der Waals surface area contributed by atoms with Crippen LogP contribution in [-0.4, -0.2) is 263 Å². The summed E-state index contributed by atoms with van der Waals surface area (Å²) in [5.41, 5.74) is -1.54. The maximum absolute atomic E-state index is 15.8. The molecule has 27 heteroatoms. The van der Waals surface area contributed by atoms with Gasteiger partial charge in [0.15, 0.2) is 0 Å². The molecule has 4 aliphatic heterocycles. The molecule has 4 saturated heterocycles. The van der Waals surface area contributed by atoms with E-state index < -0.39 is 174 Å². The fourth-order valence-electron chi connectivity index (χ4n) is 17.5. The van der Waals surface area contributed by atoms with Crippen LogP contribution < -0.4 is 16.0 Å². The minimum Gasteiger partial charge on any atom is -0.343 e. The molecule has 0 aromatic heterocycles. The van der Waals surface area contributed by atoms with Gasteiger partial charge in [0, 0.05) is 68.5 Å². The molecule has 0 aromatic rings. The lowest BCUT2D eigenvalue weighted by atomic mass is 9.78. The Bertz CT molecular complexity index is 2960. The van der Waals surface area contributed by atoms with Crippen LogP contribution in [0.4, 0.5) is 13.2 Å². The van der Waals surface area contributed by atoms with Crippen molar-refractivity contribution in [2.24, 2.45) is 35.5 Å². The van der Waals surface area contributed by atoms with Gasteiger partial charge in [-0.15, -0.1) is 0 Å². The van der Waals surface area contributed by atoms with Crippen molar-refractivity contribution in [1.29, 1.82) is 0 Å². The van der Waals surface area contributed by atoms with Crippen molar-refractivity contribution in [3.05, 3.63) is 0 Å². The zero-order chi connectivity index (χ0) is 73.9. The standard InChI is InChI=1S/C74H119F3N12O12/c1-12-46(4)61-71(99)82(7)47(5)66(94)89-39-33-55(89)69(97)84(9)57(42-48-24-15-13-16-25-48)68(96)81(6)44-59(90)78-53(32-30-49-29-31-51(63(76)77)52(75)41-49)67(95)88-38-23-28-54(88)65(93)80-74(34-19-20-35-74)73(101)86(11)62(50-26-17-18-27-50)72(100)85(10)58(70(98)87-36-21-14-22-37-87)43-60(91)83(8)56(40-45(2)3)64(92)79-61/h45-58,61-63H,12-44H2,1-11H3,(H,78,90)(H,79,92)(H,80,93)/t46-,47-,49?,51?,52?,53-,54-,55-,56-,57-,58-,61-,62-/m0/s1. The highest BCUT2D eigenvalue weighted by molar-refractivity contribution is 6.01. The van der Waals surface area contributed by atoms with Crippen molar-refractivity contribution < 1.29 is 70.7 Å². The van der Waals surface area contributed by atoms with Crippen LogP contribution in [0.3, 0.4) is 0 Å². The predicted octanol–water partition coefficient (Wildman–Crippen LogP) is 6.06. The summed E-state index contributed by atoms with van der Waals surface area (Å²) in [6.45, 7) is 9.40. The third-order valence-electron chi connectivity index (χ3n) is 24.4. The van der Waals surface area contributed by atoms with Gasteiger partial charge in [-0.3, -0.25) is 57.5 Å². The molecule has 12 amide bonds. The molecular weight excluding hydrogens is 1310 g/mol. The molecule has 8 rings (SSSR count). The second-order valence-electron chi connectivity index (χ2n) is 31.7. The summed E-state index contributed by atoms with van der Waals surface area (Å²) in [6, 6.07) is -10.6. The zero-order valence-electron chi connectivity index (χ0n) is 62.2. The number of halogens is 3. The number of likely N-dealkylation sites (N-methyl/N-ethyl adjacent to an activating group) is 6. The number of carbonyl (C=O) groups is 12. The Labute approximate surface area is 596 Å². The summed E-state index contributed by atoms with van der Waals surface area (Å²) in [5, 5.41) is 8.92. The fraction of sp³-hybridized carbons (Fsp3) is 0.838. The minimum absolute atomic E-state index is 0.0441. The van der Waals surface area contributed by atoms with Crippen LogP contribution >= 0.6 is 0 Å². The molecule has 8 fully saturated rings. The number of amides is 12. The molecule has 4 heterocycles. The van der Waals surface area contributed by atoms with E-state index in [1.807, 2.05) is 20.8 Å². The van der Waals surface area contributed by atoms with Crippen molar-refractivity contribution in [2.45, 2.75) is 287 Å². The SMILES string of the molecule is CC[C@H](C)[C@@H]1NC(=O)[C@H](CC(C)C)N(C)C(=O)C[C@@H](C(=O)N2CCCCC2)N(C)C(=O)[C@H](C2CCCC2)N(C)C(=O)C2(CCCC2)NC(=O)[C@@H]2CCCN2C(=O)[C@H](CCC2CCC(C(F)F)C(F)C2)NC(=O)CN(C)C(=O)[C@H](CC2CCCCC2)N(C)C(=O)[C@@H]2CCN2C(=O)[C@H](C)N(C)C1=O. The van der Waals surface area contributed by atoms with Crippen LogP contribution in [0.2, 0.25) is 0 Å². The second-order valence-corrected chi connectivity index (χ2v) is 31.7. The molecule has 13 atom stereocenters. The number of fused-ring (bicyclic) bond motifs is 2. The van der Waals surface area contributed by atoms with E-state index in [1.165, 1.54) is 88.4 Å². The molecule has 4 aliphatic carbocycles. The van der Waals surface area contributed by atoms with Crippen LogP contribution in [-0.2, 0) is 57.5 Å². The molecule has 0 bridgehead atoms. The maximum atomic E-state index is 15.8. The van der Waals surface area contributed by atoms with Gasteiger partial charge in [0.1, 0.15) is 66.1 Å². The van der Waals surface area contributed by atoms with Gasteiger partial charge >= 0.3 is 0 Å². The summed E-state index contributed by atoms with van der Waals surface area (Å²) in [4.78, 5) is 193. The molecular formula is C74H119F3N12O12. The predicted molar refractivity (Wildman–Crippen MR) is 372 cm³/mol. The normalized spacial score (nSPS) is 31.6. The van der Waals surface area contributed by atoms with E-state index in [1.54, 1.807) is 11.8 Å². The number of likely N-dealkylation sites (tertiary alicyclic amines) is 1. The van der Waals surface area contributed by atoms with E-state index in [0.29, 0.717) is 64.5 Å². The Morgan fingerprint density at radius 2 is 1.21 bits per heavy atom. The number of carbonyl (C=O) groups excluding carboxylic acids is 12. The Hall–Kier alpha value is -6.57. The van der Waals surface area contributed by atoms with Gasteiger partial charge in [-0.25, -0.2) is 13.2 Å². The van der Waals surface area contributed by atoms with Gasteiger partial charge in [0.2, 0.25) is 77.3 Å². The Morgan fingerprint density at radius 3 is 1.81 bits per heavy atom. The molecule has 4 saturated carbocycles. The first-order valence-electron chi connectivity index (χ1n) is 38.2. The molecule has 101 heavy (non-hydrogen) atoms. The van der Waals surface area contributed by atoms with Crippen molar-refractivity contribution in [3.63, 3.8) is 0 Å². The van der Waals surface area contributed by atoms with Gasteiger partial charge in [0.05, 0.1) is 18.9 Å². The third kappa shape index (κ3) is 18.9. The third-order valence-corrected chi connectivity index (χ3v) is 24.4. The number of hydrogen-bond acceptors (Lipinski definition) is 12. The summed E-state index contributed by atoms with van der Waals surface area (Å²) >= 11 is 0. The lowest BCUT2D eigenvalue weighted by Crippen LogP contribution is -2.65. The van der Waals surface area contributed by atoms with Gasteiger partial charge < -0.3 is 60.0 Å². The number of alkyl halides is 3. The van der Waals surface area contributed by atoms with Crippen molar-refractivity contribution in [2.75, 3.05) is 75.0 Å². The number of piperidine rings is 1. The van der Waals surface area contributed by atoms with Gasteiger partial charge in [0.25, 0.3) is 0 Å². The summed E-state index contributed by atoms with van der Waals surface area (Å²) < 4.78 is 43.1. The molecule has 24 nitrogen and oxygen atoms in total. The lowest BCUT2D eigenvalue weighted by Gasteiger charge is -2.45. The molecule has 0 radical (unpaired) electrons. The van der Waals surface area contributed by atoms with E-state index in [-0.39, 0.29) is 101 Å². The molecule has 3 unspecified atom stereocenters. The highest BCUT2D eigenvalue weighted by atomic mass is 19.3. The topological polar surface area (TPSA) is 270 Å². The van der Waals surface area contributed by atoms with Crippen LogP contribution in [0, 0.1) is 35.5 Å². The quantitative estimate of drug-likeness (QED) is 0.201. The Kier molecular flexibility index (Phi) is 28.4. The molecule has 0 aromatic carbocycles. The highest BCUT2D eigenvalue weighted by Gasteiger charge is 2.53. The van der Waals surface area contributed by atoms with E-state index >= 15 is 38.0 Å². The molecule has 3 N–H and O–H groups in total. The van der Waals surface area contributed by atoms with Crippen molar-refractivity contribution in [1.82, 2.24) is 60.0 Å². The van der Waals surface area contributed by atoms with Crippen molar-refractivity contribution in [3.8, 4) is 0 Å². The highest BCUT2D eigenvalue weighted by Crippen LogP contribution is 2.40. The summed E-state index contributed by atoms with van der Waals surface area (Å²) in [5.74, 6) is -9.94. The van der Waals surface area contributed by atoms with Gasteiger partial charge in [-0.2, -0.15) is 0 Å². The van der Waals surface area contributed by atoms with E-state index in [4.69, 9.17) is 0 Å². The van der Waals surface area contributed by atoms with E-state index in [0.717, 1.165) is 51.4 Å². The Morgan fingerprint density at radius 1 is 0.574 bits per heavy atom. The number of hydrogen-bond donors (Lipinski definition) is 3. The average Bonchev–Trinajstić information content (AvgIpc) is 1.39. The molecule has 568 valence electrons. The van der Waals surface area contributed by atoms with Crippen LogP contribution in [0.25, 0.3) is 0 Å². The largest absolute Gasteiger partial charge is 0.343 e. The first kappa shape index (κ1) is 80.1. The molecule has 1 spiro atoms. The van der Waals surface area contributed by atoms with Crippen molar-refractivity contribution >= 4 is 70.9 Å². The molecule has 8 aliphatic rings. The Balaban J connectivity index is 1.17. The van der Waals surface area contributed by atoms with Gasteiger partial charge in [-0.1, -0.05) is 91.9 Å². The average molecular weight is 1430 g/mol. The minimum atomic E-state index is -2.84. The lowest BCUT2D eigenvalue weighted by molar-refractivity contribution is -0.160.